The summed E-state index contributed by atoms with van der Waals surface area (Å²) < 4.78 is 0. The van der Waals surface area contributed by atoms with Gasteiger partial charge in [-0.15, -0.1) is 0 Å². The van der Waals surface area contributed by atoms with Crippen molar-refractivity contribution in [1.29, 1.82) is 0 Å². The summed E-state index contributed by atoms with van der Waals surface area (Å²) in [6.45, 7) is 9.10. The van der Waals surface area contributed by atoms with E-state index in [0.717, 1.165) is 22.4 Å². The number of carbonyl (C=O) groups excluding carboxylic acids is 2. The van der Waals surface area contributed by atoms with Gasteiger partial charge in [0.05, 0.1) is 12.2 Å². The molecule has 1 fully saturated rings. The molecule has 1 aromatic carbocycles. The van der Waals surface area contributed by atoms with Crippen LogP contribution in [-0.4, -0.2) is 68.8 Å². The minimum atomic E-state index is -0.0667. The largest absolute Gasteiger partial charge is 0.365 e. The van der Waals surface area contributed by atoms with Crippen LogP contribution in [0.4, 0.5) is 11.8 Å². The van der Waals surface area contributed by atoms with Crippen LogP contribution in [0.2, 0.25) is 0 Å². The summed E-state index contributed by atoms with van der Waals surface area (Å²) in [5.74, 6) is 1.20. The Bertz CT molecular complexity index is 1250. The lowest BCUT2D eigenvalue weighted by Gasteiger charge is -2.34. The molecule has 36 heavy (non-hydrogen) atoms. The molecule has 0 bridgehead atoms. The molecule has 0 saturated carbocycles. The zero-order valence-electron chi connectivity index (χ0n) is 20.9. The van der Waals surface area contributed by atoms with Crippen LogP contribution in [0, 0.1) is 0 Å². The minimum Gasteiger partial charge on any atom is -0.365 e. The van der Waals surface area contributed by atoms with E-state index in [-0.39, 0.29) is 17.9 Å². The number of nitrogens with zero attached hydrogens (tertiary/aromatic N) is 6. The zero-order chi connectivity index (χ0) is 25.2. The molecule has 2 amide bonds. The fraction of sp³-hybridized carbons (Fsp3) is 0.370. The molecular weight excluding hydrogens is 454 g/mol. The van der Waals surface area contributed by atoms with Gasteiger partial charge in [-0.3, -0.25) is 14.6 Å². The summed E-state index contributed by atoms with van der Waals surface area (Å²) >= 11 is 0. The maximum atomic E-state index is 13.1. The second-order valence-corrected chi connectivity index (χ2v) is 9.49. The minimum absolute atomic E-state index is 0.0665. The van der Waals surface area contributed by atoms with Crippen LogP contribution in [0.3, 0.4) is 0 Å². The molecule has 0 spiro atoms. The van der Waals surface area contributed by atoms with Crippen molar-refractivity contribution in [2.24, 2.45) is 0 Å². The lowest BCUT2D eigenvalue weighted by Crippen LogP contribution is -2.48. The lowest BCUT2D eigenvalue weighted by atomic mass is 10.1. The Morgan fingerprint density at radius 3 is 2.42 bits per heavy atom. The third kappa shape index (κ3) is 4.73. The van der Waals surface area contributed by atoms with Crippen molar-refractivity contribution in [2.75, 3.05) is 36.4 Å². The zero-order valence-corrected chi connectivity index (χ0v) is 20.9. The van der Waals surface area contributed by atoms with Crippen LogP contribution in [0.1, 0.15) is 42.4 Å². The van der Waals surface area contributed by atoms with Crippen molar-refractivity contribution in [3.8, 4) is 11.3 Å². The summed E-state index contributed by atoms with van der Waals surface area (Å²) in [4.78, 5) is 44.7. The van der Waals surface area contributed by atoms with Crippen LogP contribution < -0.4 is 10.2 Å². The number of nitrogens with one attached hydrogen (secondary N) is 1. The van der Waals surface area contributed by atoms with Gasteiger partial charge in [0.15, 0.2) is 0 Å². The molecule has 1 N–H and O–H groups in total. The van der Waals surface area contributed by atoms with E-state index in [9.17, 15) is 9.59 Å². The number of carbonyl (C=O) groups is 2. The van der Waals surface area contributed by atoms with Crippen molar-refractivity contribution in [3.63, 3.8) is 0 Å². The SMILES string of the molecule is CC(=O)N1CCN(c2nc(NCc3ccc(-c4ccccc4)nc3)c3c(n2)C(=O)N(C(C)C)C3)CC1. The number of rotatable bonds is 6. The molecule has 2 aliphatic rings. The van der Waals surface area contributed by atoms with Crippen molar-refractivity contribution in [1.82, 2.24) is 24.8 Å². The van der Waals surface area contributed by atoms with E-state index < -0.39 is 0 Å². The van der Waals surface area contributed by atoms with Gasteiger partial charge in [0.25, 0.3) is 5.91 Å². The van der Waals surface area contributed by atoms with Gasteiger partial charge in [0, 0.05) is 63.0 Å². The van der Waals surface area contributed by atoms with Crippen LogP contribution >= 0.6 is 0 Å². The molecule has 186 valence electrons. The summed E-state index contributed by atoms with van der Waals surface area (Å²) in [7, 11) is 0. The summed E-state index contributed by atoms with van der Waals surface area (Å²) in [5.41, 5.74) is 4.31. The van der Waals surface area contributed by atoms with Crippen LogP contribution in [0.5, 0.6) is 0 Å². The summed E-state index contributed by atoms with van der Waals surface area (Å²) in [6, 6.07) is 14.2. The predicted molar refractivity (Wildman–Crippen MR) is 139 cm³/mol. The van der Waals surface area contributed by atoms with Crippen molar-refractivity contribution in [2.45, 2.75) is 39.9 Å². The number of aromatic nitrogens is 3. The maximum absolute atomic E-state index is 13.1. The molecule has 2 aromatic heterocycles. The van der Waals surface area contributed by atoms with E-state index in [4.69, 9.17) is 4.98 Å². The van der Waals surface area contributed by atoms with Gasteiger partial charge in [-0.1, -0.05) is 36.4 Å². The first-order valence-corrected chi connectivity index (χ1v) is 12.4. The quantitative estimate of drug-likeness (QED) is 0.573. The van der Waals surface area contributed by atoms with Gasteiger partial charge in [-0.2, -0.15) is 4.98 Å². The summed E-state index contributed by atoms with van der Waals surface area (Å²) in [6.07, 6.45) is 1.87. The highest BCUT2D eigenvalue weighted by Gasteiger charge is 2.35. The molecule has 3 aromatic rings. The predicted octanol–water partition coefficient (Wildman–Crippen LogP) is 3.18. The van der Waals surface area contributed by atoms with E-state index in [1.807, 2.05) is 71.1 Å². The Kier molecular flexibility index (Phi) is 6.54. The van der Waals surface area contributed by atoms with Crippen LogP contribution in [0.15, 0.2) is 48.7 Å². The average Bonchev–Trinajstić information content (AvgIpc) is 3.25. The third-order valence-electron chi connectivity index (χ3n) is 6.77. The second kappa shape index (κ2) is 9.93. The van der Waals surface area contributed by atoms with E-state index in [2.05, 4.69) is 21.4 Å². The molecule has 2 aliphatic heterocycles. The van der Waals surface area contributed by atoms with Gasteiger partial charge in [0.1, 0.15) is 11.5 Å². The number of fused-ring (bicyclic) bond motifs is 1. The Morgan fingerprint density at radius 1 is 1.03 bits per heavy atom. The number of benzene rings is 1. The second-order valence-electron chi connectivity index (χ2n) is 9.49. The normalized spacial score (nSPS) is 15.4. The van der Waals surface area contributed by atoms with Gasteiger partial charge in [0.2, 0.25) is 11.9 Å². The molecule has 0 aliphatic carbocycles. The number of hydrogen-bond acceptors (Lipinski definition) is 7. The monoisotopic (exact) mass is 485 g/mol. The molecular formula is C27H31N7O2. The Balaban J connectivity index is 1.38. The third-order valence-corrected chi connectivity index (χ3v) is 6.77. The van der Waals surface area contributed by atoms with Crippen LogP contribution in [-0.2, 0) is 17.9 Å². The standard InChI is InChI=1S/C27H31N7O2/c1-18(2)34-17-22-24(26(34)36)30-27(33-13-11-32(12-14-33)19(3)35)31-25(22)29-16-20-9-10-23(28-15-20)21-7-5-4-6-8-21/h4-10,15,18H,11-14,16-17H2,1-3H3,(H,29,30,31). The number of hydrogen-bond donors (Lipinski definition) is 1. The highest BCUT2D eigenvalue weighted by atomic mass is 16.2. The first kappa shape index (κ1) is 23.7. The molecule has 5 rings (SSSR count). The molecule has 9 heteroatoms. The number of pyridine rings is 1. The van der Waals surface area contributed by atoms with Crippen molar-refractivity contribution < 1.29 is 9.59 Å². The average molecular weight is 486 g/mol. The van der Waals surface area contributed by atoms with Crippen LogP contribution in [0.25, 0.3) is 11.3 Å². The molecule has 9 nitrogen and oxygen atoms in total. The molecule has 0 atom stereocenters. The fourth-order valence-corrected chi connectivity index (χ4v) is 4.60. The molecule has 1 saturated heterocycles. The Morgan fingerprint density at radius 2 is 1.78 bits per heavy atom. The highest BCUT2D eigenvalue weighted by molar-refractivity contribution is 5.98. The van der Waals surface area contributed by atoms with Gasteiger partial charge in [-0.25, -0.2) is 4.98 Å². The van der Waals surface area contributed by atoms with E-state index in [1.54, 1.807) is 6.92 Å². The molecule has 4 heterocycles. The van der Waals surface area contributed by atoms with Crippen molar-refractivity contribution >= 4 is 23.6 Å². The van der Waals surface area contributed by atoms with Crippen molar-refractivity contribution in [3.05, 3.63) is 65.5 Å². The Hall–Kier alpha value is -4.01. The molecule has 0 radical (unpaired) electrons. The Labute approximate surface area is 211 Å². The van der Waals surface area contributed by atoms with Gasteiger partial charge >= 0.3 is 0 Å². The molecule has 0 unspecified atom stereocenters. The first-order chi connectivity index (χ1) is 17.4. The summed E-state index contributed by atoms with van der Waals surface area (Å²) in [5, 5.41) is 3.45. The lowest BCUT2D eigenvalue weighted by molar-refractivity contribution is -0.129. The number of anilines is 2. The van der Waals surface area contributed by atoms with E-state index >= 15 is 0 Å². The fourth-order valence-electron chi connectivity index (χ4n) is 4.60. The van der Waals surface area contributed by atoms with Gasteiger partial charge < -0.3 is 20.0 Å². The first-order valence-electron chi connectivity index (χ1n) is 12.4. The number of piperazine rings is 1. The van der Waals surface area contributed by atoms with E-state index in [0.29, 0.717) is 56.7 Å². The topological polar surface area (TPSA) is 94.6 Å². The van der Waals surface area contributed by atoms with Gasteiger partial charge in [-0.05, 0) is 25.5 Å². The maximum Gasteiger partial charge on any atom is 0.273 e. The highest BCUT2D eigenvalue weighted by Crippen LogP contribution is 2.31. The van der Waals surface area contributed by atoms with E-state index in [1.165, 1.54) is 0 Å². The smallest absolute Gasteiger partial charge is 0.273 e. The number of amides is 2.